The lowest BCUT2D eigenvalue weighted by Crippen LogP contribution is -2.20. The third kappa shape index (κ3) is 3.71. The summed E-state index contributed by atoms with van der Waals surface area (Å²) in [6.45, 7) is 8.06. The van der Waals surface area contributed by atoms with Crippen LogP contribution in [0.2, 0.25) is 0 Å². The Morgan fingerprint density at radius 1 is 1.33 bits per heavy atom. The van der Waals surface area contributed by atoms with Crippen molar-refractivity contribution in [1.29, 1.82) is 0 Å². The minimum absolute atomic E-state index is 0.0519. The van der Waals surface area contributed by atoms with Crippen molar-refractivity contribution in [3.63, 3.8) is 0 Å². The Hall–Kier alpha value is -1.60. The van der Waals surface area contributed by atoms with Crippen LogP contribution in [0.3, 0.4) is 0 Å². The summed E-state index contributed by atoms with van der Waals surface area (Å²) >= 11 is 0. The summed E-state index contributed by atoms with van der Waals surface area (Å²) in [5, 5.41) is 3.26. The van der Waals surface area contributed by atoms with Gasteiger partial charge < -0.3 is 10.1 Å². The third-order valence-electron chi connectivity index (χ3n) is 2.51. The van der Waals surface area contributed by atoms with Crippen LogP contribution < -0.4 is 10.1 Å². The summed E-state index contributed by atoms with van der Waals surface area (Å²) in [5.74, 6) is 6.76. The zero-order chi connectivity index (χ0) is 13.0. The van der Waals surface area contributed by atoms with E-state index in [0.717, 1.165) is 19.5 Å². The average Bonchev–Trinajstić information content (AvgIpc) is 2.80. The van der Waals surface area contributed by atoms with Gasteiger partial charge in [-0.2, -0.15) is 0 Å². The molecule has 1 aliphatic rings. The molecule has 0 spiro atoms. The molecule has 1 unspecified atom stereocenters. The number of nitrogens with zero attached hydrogens (tertiary/aromatic N) is 2. The molecule has 2 heterocycles. The first kappa shape index (κ1) is 12.8. The molecule has 0 saturated carbocycles. The summed E-state index contributed by atoms with van der Waals surface area (Å²) in [4.78, 5) is 8.47. The summed E-state index contributed by atoms with van der Waals surface area (Å²) in [7, 11) is 0. The number of rotatable bonds is 2. The maximum absolute atomic E-state index is 5.83. The second kappa shape index (κ2) is 5.36. The highest BCUT2D eigenvalue weighted by Gasteiger charge is 2.18. The van der Waals surface area contributed by atoms with E-state index >= 15 is 0 Å². The van der Waals surface area contributed by atoms with Crippen LogP contribution in [0.25, 0.3) is 0 Å². The normalized spacial score (nSPS) is 19.2. The molecule has 1 aromatic heterocycles. The molecular formula is C14H19N3O. The molecule has 4 heteroatoms. The van der Waals surface area contributed by atoms with Crippen molar-refractivity contribution in [1.82, 2.24) is 15.3 Å². The van der Waals surface area contributed by atoms with Gasteiger partial charge in [0.15, 0.2) is 5.69 Å². The van der Waals surface area contributed by atoms with Gasteiger partial charge in [0.2, 0.25) is 5.88 Å². The number of aromatic nitrogens is 2. The fourth-order valence-corrected chi connectivity index (χ4v) is 1.63. The summed E-state index contributed by atoms with van der Waals surface area (Å²) in [6, 6.07) is 0. The standard InChI is InChI=1S/C14H19N3O/c1-14(2,3)6-4-12-13(17-9-8-16-12)18-11-5-7-15-10-11/h8-9,11,15H,5,7,10H2,1-3H3. The van der Waals surface area contributed by atoms with Crippen molar-refractivity contribution in [3.05, 3.63) is 18.1 Å². The predicted octanol–water partition coefficient (Wildman–Crippen LogP) is 1.61. The van der Waals surface area contributed by atoms with Gasteiger partial charge in [0.25, 0.3) is 0 Å². The highest BCUT2D eigenvalue weighted by atomic mass is 16.5. The van der Waals surface area contributed by atoms with Gasteiger partial charge in [0, 0.05) is 24.4 Å². The van der Waals surface area contributed by atoms with Gasteiger partial charge in [-0.25, -0.2) is 9.97 Å². The van der Waals surface area contributed by atoms with Crippen molar-refractivity contribution in [2.45, 2.75) is 33.3 Å². The molecule has 1 atom stereocenters. The molecule has 2 rings (SSSR count). The van der Waals surface area contributed by atoms with Gasteiger partial charge >= 0.3 is 0 Å². The van der Waals surface area contributed by atoms with E-state index in [4.69, 9.17) is 4.74 Å². The molecule has 0 bridgehead atoms. The molecule has 1 saturated heterocycles. The molecular weight excluding hydrogens is 226 g/mol. The van der Waals surface area contributed by atoms with Gasteiger partial charge in [-0.1, -0.05) is 5.92 Å². The lowest BCUT2D eigenvalue weighted by atomic mass is 9.98. The van der Waals surface area contributed by atoms with Gasteiger partial charge in [0.05, 0.1) is 0 Å². The average molecular weight is 245 g/mol. The fourth-order valence-electron chi connectivity index (χ4n) is 1.63. The molecule has 4 nitrogen and oxygen atoms in total. The van der Waals surface area contributed by atoms with Crippen LogP contribution >= 0.6 is 0 Å². The van der Waals surface area contributed by atoms with Crippen LogP contribution in [-0.4, -0.2) is 29.2 Å². The molecule has 1 aromatic rings. The van der Waals surface area contributed by atoms with Gasteiger partial charge in [0.1, 0.15) is 6.10 Å². The Morgan fingerprint density at radius 3 is 2.78 bits per heavy atom. The second-order valence-corrected chi connectivity index (χ2v) is 5.44. The van der Waals surface area contributed by atoms with Crippen molar-refractivity contribution in [2.24, 2.45) is 5.41 Å². The fraction of sp³-hybridized carbons (Fsp3) is 0.571. The Kier molecular flexibility index (Phi) is 3.83. The maximum atomic E-state index is 5.83. The van der Waals surface area contributed by atoms with E-state index in [-0.39, 0.29) is 11.5 Å². The Morgan fingerprint density at radius 2 is 2.11 bits per heavy atom. The maximum Gasteiger partial charge on any atom is 0.249 e. The van der Waals surface area contributed by atoms with E-state index in [1.807, 2.05) is 0 Å². The van der Waals surface area contributed by atoms with Gasteiger partial charge in [-0.05, 0) is 39.7 Å². The molecule has 1 fully saturated rings. The van der Waals surface area contributed by atoms with E-state index < -0.39 is 0 Å². The van der Waals surface area contributed by atoms with Gasteiger partial charge in [-0.15, -0.1) is 0 Å². The SMILES string of the molecule is CC(C)(C)C#Cc1nccnc1OC1CCNC1. The molecule has 0 aliphatic carbocycles. The Balaban J connectivity index is 2.16. The van der Waals surface area contributed by atoms with E-state index in [1.54, 1.807) is 12.4 Å². The molecule has 0 radical (unpaired) electrons. The van der Waals surface area contributed by atoms with Crippen LogP contribution in [0.5, 0.6) is 5.88 Å². The van der Waals surface area contributed by atoms with Crippen molar-refractivity contribution in [3.8, 4) is 17.7 Å². The zero-order valence-corrected chi connectivity index (χ0v) is 11.2. The quantitative estimate of drug-likeness (QED) is 0.804. The molecule has 1 aliphatic heterocycles. The lowest BCUT2D eigenvalue weighted by Gasteiger charge is -2.12. The zero-order valence-electron chi connectivity index (χ0n) is 11.2. The summed E-state index contributed by atoms with van der Waals surface area (Å²) < 4.78 is 5.83. The number of hydrogen-bond donors (Lipinski definition) is 1. The summed E-state index contributed by atoms with van der Waals surface area (Å²) in [6.07, 6.45) is 4.46. The van der Waals surface area contributed by atoms with Crippen LogP contribution in [0.4, 0.5) is 0 Å². The number of nitrogens with one attached hydrogen (secondary N) is 1. The van der Waals surface area contributed by atoms with Crippen LogP contribution in [0.15, 0.2) is 12.4 Å². The predicted molar refractivity (Wildman–Crippen MR) is 70.3 cm³/mol. The third-order valence-corrected chi connectivity index (χ3v) is 2.51. The van der Waals surface area contributed by atoms with Crippen LogP contribution in [0, 0.1) is 17.3 Å². The topological polar surface area (TPSA) is 47.0 Å². The monoisotopic (exact) mass is 245 g/mol. The van der Waals surface area contributed by atoms with E-state index in [0.29, 0.717) is 11.6 Å². The summed E-state index contributed by atoms with van der Waals surface area (Å²) in [5.41, 5.74) is 0.572. The highest BCUT2D eigenvalue weighted by molar-refractivity contribution is 5.36. The first-order chi connectivity index (χ1) is 8.54. The van der Waals surface area contributed by atoms with E-state index in [9.17, 15) is 0 Å². The molecule has 0 amide bonds. The van der Waals surface area contributed by atoms with Gasteiger partial charge in [-0.3, -0.25) is 0 Å². The first-order valence-corrected chi connectivity index (χ1v) is 6.26. The van der Waals surface area contributed by atoms with E-state index in [2.05, 4.69) is 47.9 Å². The van der Waals surface area contributed by atoms with Crippen molar-refractivity contribution >= 4 is 0 Å². The Bertz CT molecular complexity index is 462. The van der Waals surface area contributed by atoms with Crippen molar-refractivity contribution < 1.29 is 4.74 Å². The Labute approximate surface area is 108 Å². The minimum atomic E-state index is -0.0519. The molecule has 96 valence electrons. The van der Waals surface area contributed by atoms with Crippen molar-refractivity contribution in [2.75, 3.05) is 13.1 Å². The highest BCUT2D eigenvalue weighted by Crippen LogP contribution is 2.16. The molecule has 1 N–H and O–H groups in total. The van der Waals surface area contributed by atoms with Crippen LogP contribution in [0.1, 0.15) is 32.9 Å². The largest absolute Gasteiger partial charge is 0.471 e. The number of ether oxygens (including phenoxy) is 1. The lowest BCUT2D eigenvalue weighted by molar-refractivity contribution is 0.212. The molecule has 18 heavy (non-hydrogen) atoms. The second-order valence-electron chi connectivity index (χ2n) is 5.44. The first-order valence-electron chi connectivity index (χ1n) is 6.26. The smallest absolute Gasteiger partial charge is 0.249 e. The van der Waals surface area contributed by atoms with Crippen LogP contribution in [-0.2, 0) is 0 Å². The minimum Gasteiger partial charge on any atom is -0.471 e. The number of hydrogen-bond acceptors (Lipinski definition) is 4. The van der Waals surface area contributed by atoms with E-state index in [1.165, 1.54) is 0 Å². The molecule has 0 aromatic carbocycles.